The first-order valence-corrected chi connectivity index (χ1v) is 6.93. The highest BCUT2D eigenvalue weighted by Crippen LogP contribution is 2.15. The van der Waals surface area contributed by atoms with Crippen molar-refractivity contribution in [2.45, 2.75) is 13.3 Å². The molecule has 0 aliphatic carbocycles. The first-order valence-electron chi connectivity index (χ1n) is 5.67. The largest absolute Gasteiger partial charge is 0.384 e. The van der Waals surface area contributed by atoms with Crippen molar-refractivity contribution in [2.24, 2.45) is 0 Å². The van der Waals surface area contributed by atoms with E-state index >= 15 is 0 Å². The molecule has 2 rings (SSSR count). The van der Waals surface area contributed by atoms with E-state index in [4.69, 9.17) is 17.3 Å². The first-order chi connectivity index (χ1) is 9.06. The Kier molecular flexibility index (Phi) is 4.34. The van der Waals surface area contributed by atoms with E-state index in [9.17, 15) is 4.79 Å². The molecule has 0 aromatic carbocycles. The van der Waals surface area contributed by atoms with Crippen molar-refractivity contribution in [3.05, 3.63) is 38.9 Å². The van der Waals surface area contributed by atoms with Gasteiger partial charge in [0.05, 0.1) is 15.7 Å². The molecule has 5 nitrogen and oxygen atoms in total. The highest BCUT2D eigenvalue weighted by molar-refractivity contribution is 7.09. The summed E-state index contributed by atoms with van der Waals surface area (Å²) < 4.78 is 0. The second-order valence-corrected chi connectivity index (χ2v) is 5.40. The molecule has 0 radical (unpaired) electrons. The molecule has 2 aromatic heterocycles. The number of aryl methyl sites for hydroxylation is 1. The topological polar surface area (TPSA) is 80.9 Å². The maximum Gasteiger partial charge on any atom is 0.271 e. The van der Waals surface area contributed by atoms with Gasteiger partial charge in [0.25, 0.3) is 5.91 Å². The molecule has 2 aromatic rings. The third-order valence-corrected chi connectivity index (χ3v) is 3.54. The average molecular weight is 297 g/mol. The van der Waals surface area contributed by atoms with Crippen LogP contribution in [0.15, 0.2) is 17.5 Å². The van der Waals surface area contributed by atoms with Gasteiger partial charge in [0.1, 0.15) is 11.5 Å². The number of hydrogen-bond acceptors (Lipinski definition) is 5. The van der Waals surface area contributed by atoms with E-state index in [1.54, 1.807) is 23.5 Å². The first kappa shape index (κ1) is 13.8. The Balaban J connectivity index is 1.92. The molecule has 1 amide bonds. The molecule has 0 atom stereocenters. The van der Waals surface area contributed by atoms with Crippen LogP contribution in [0.4, 0.5) is 5.82 Å². The Labute approximate surface area is 119 Å². The number of aromatic nitrogens is 2. The smallest absolute Gasteiger partial charge is 0.271 e. The third-order valence-electron chi connectivity index (χ3n) is 2.42. The lowest BCUT2D eigenvalue weighted by atomic mass is 10.3. The number of halogens is 1. The number of nitrogens with two attached hydrogens (primary N) is 1. The van der Waals surface area contributed by atoms with Crippen LogP contribution >= 0.6 is 22.9 Å². The summed E-state index contributed by atoms with van der Waals surface area (Å²) in [7, 11) is 0. The fraction of sp³-hybridized carbons (Fsp3) is 0.250. The van der Waals surface area contributed by atoms with Crippen molar-refractivity contribution in [3.63, 3.8) is 0 Å². The van der Waals surface area contributed by atoms with Gasteiger partial charge in [-0.05, 0) is 19.1 Å². The summed E-state index contributed by atoms with van der Waals surface area (Å²) in [6.45, 7) is 2.43. The molecule has 7 heteroatoms. The average Bonchev–Trinajstić information content (AvgIpc) is 2.78. The van der Waals surface area contributed by atoms with Crippen LogP contribution in [0, 0.1) is 6.92 Å². The molecule has 0 fully saturated rings. The van der Waals surface area contributed by atoms with Crippen LogP contribution in [-0.4, -0.2) is 22.4 Å². The van der Waals surface area contributed by atoms with Crippen LogP contribution in [0.3, 0.4) is 0 Å². The van der Waals surface area contributed by atoms with Gasteiger partial charge in [-0.25, -0.2) is 9.97 Å². The van der Waals surface area contributed by atoms with Crippen molar-refractivity contribution in [1.29, 1.82) is 0 Å². The summed E-state index contributed by atoms with van der Waals surface area (Å²) >= 11 is 7.49. The van der Waals surface area contributed by atoms with Crippen LogP contribution in [0.1, 0.15) is 21.2 Å². The number of anilines is 1. The third kappa shape index (κ3) is 3.65. The normalized spacial score (nSPS) is 10.4. The number of hydrogen-bond donors (Lipinski definition) is 2. The number of pyridine rings is 1. The maximum absolute atomic E-state index is 11.9. The lowest BCUT2D eigenvalue weighted by Gasteiger charge is -2.05. The van der Waals surface area contributed by atoms with E-state index in [0.717, 1.165) is 10.7 Å². The number of nitrogen functional groups attached to an aromatic ring is 1. The van der Waals surface area contributed by atoms with Crippen molar-refractivity contribution < 1.29 is 4.79 Å². The van der Waals surface area contributed by atoms with Crippen LogP contribution in [-0.2, 0) is 6.42 Å². The van der Waals surface area contributed by atoms with Crippen molar-refractivity contribution in [2.75, 3.05) is 12.3 Å². The molecule has 0 unspecified atom stereocenters. The Hall–Kier alpha value is -1.66. The molecular weight excluding hydrogens is 284 g/mol. The maximum atomic E-state index is 11.9. The zero-order valence-corrected chi connectivity index (χ0v) is 11.9. The number of nitrogens with one attached hydrogen (secondary N) is 1. The van der Waals surface area contributed by atoms with Gasteiger partial charge in [-0.2, -0.15) is 0 Å². The molecule has 0 bridgehead atoms. The van der Waals surface area contributed by atoms with E-state index in [-0.39, 0.29) is 22.4 Å². The SMILES string of the molecule is Cc1nc(CCNC(=O)c2nc(N)ccc2Cl)cs1. The second-order valence-electron chi connectivity index (χ2n) is 3.93. The number of nitrogens with zero attached hydrogens (tertiary/aromatic N) is 2. The molecule has 2 heterocycles. The van der Waals surface area contributed by atoms with E-state index < -0.39 is 0 Å². The van der Waals surface area contributed by atoms with Crippen LogP contribution in [0.2, 0.25) is 5.02 Å². The second kappa shape index (κ2) is 5.99. The fourth-order valence-corrected chi connectivity index (χ4v) is 2.37. The molecule has 0 saturated heterocycles. The summed E-state index contributed by atoms with van der Waals surface area (Å²) in [5, 5.41) is 6.03. The van der Waals surface area contributed by atoms with Crippen molar-refractivity contribution in [3.8, 4) is 0 Å². The summed E-state index contributed by atoms with van der Waals surface area (Å²) in [4.78, 5) is 20.1. The Morgan fingerprint density at radius 3 is 2.95 bits per heavy atom. The van der Waals surface area contributed by atoms with Crippen molar-refractivity contribution >= 4 is 34.7 Å². The lowest BCUT2D eigenvalue weighted by molar-refractivity contribution is 0.0949. The van der Waals surface area contributed by atoms with Gasteiger partial charge in [0, 0.05) is 18.3 Å². The lowest BCUT2D eigenvalue weighted by Crippen LogP contribution is -2.27. The van der Waals surface area contributed by atoms with E-state index in [1.807, 2.05) is 12.3 Å². The number of carbonyl (C=O) groups is 1. The van der Waals surface area contributed by atoms with Gasteiger partial charge in [0.15, 0.2) is 0 Å². The van der Waals surface area contributed by atoms with E-state index in [0.29, 0.717) is 13.0 Å². The highest BCUT2D eigenvalue weighted by atomic mass is 35.5. The summed E-state index contributed by atoms with van der Waals surface area (Å²) in [5.74, 6) is -0.0612. The number of thiazole rings is 1. The Morgan fingerprint density at radius 2 is 2.26 bits per heavy atom. The Bertz CT molecular complexity index is 599. The molecule has 0 aliphatic heterocycles. The zero-order chi connectivity index (χ0) is 13.8. The summed E-state index contributed by atoms with van der Waals surface area (Å²) in [5.41, 5.74) is 6.65. The predicted octanol–water partition coefficient (Wildman–Crippen LogP) is 2.05. The number of carbonyl (C=O) groups excluding carboxylic acids is 1. The minimum atomic E-state index is -0.329. The minimum absolute atomic E-state index is 0.149. The van der Waals surface area contributed by atoms with Gasteiger partial charge in [-0.1, -0.05) is 11.6 Å². The molecule has 0 spiro atoms. The standard InChI is InChI=1S/C12H13ClN4OS/c1-7-16-8(6-19-7)4-5-15-12(18)11-9(13)2-3-10(14)17-11/h2-3,6H,4-5H2,1H3,(H2,14,17)(H,15,18). The Morgan fingerprint density at radius 1 is 1.47 bits per heavy atom. The fourth-order valence-electron chi connectivity index (χ4n) is 1.53. The summed E-state index contributed by atoms with van der Waals surface area (Å²) in [6, 6.07) is 3.11. The van der Waals surface area contributed by atoms with Crippen LogP contribution in [0.5, 0.6) is 0 Å². The molecular formula is C12H13ClN4OS. The van der Waals surface area contributed by atoms with Gasteiger partial charge >= 0.3 is 0 Å². The van der Waals surface area contributed by atoms with E-state index in [1.165, 1.54) is 0 Å². The van der Waals surface area contributed by atoms with Gasteiger partial charge in [-0.15, -0.1) is 11.3 Å². The highest BCUT2D eigenvalue weighted by Gasteiger charge is 2.12. The van der Waals surface area contributed by atoms with Crippen LogP contribution < -0.4 is 11.1 Å². The molecule has 0 aliphatic rings. The number of rotatable bonds is 4. The van der Waals surface area contributed by atoms with Crippen LogP contribution in [0.25, 0.3) is 0 Å². The number of amides is 1. The monoisotopic (exact) mass is 296 g/mol. The molecule has 0 saturated carbocycles. The van der Waals surface area contributed by atoms with Gasteiger partial charge in [-0.3, -0.25) is 4.79 Å². The van der Waals surface area contributed by atoms with Gasteiger partial charge < -0.3 is 11.1 Å². The minimum Gasteiger partial charge on any atom is -0.384 e. The molecule has 19 heavy (non-hydrogen) atoms. The van der Waals surface area contributed by atoms with Crippen molar-refractivity contribution in [1.82, 2.24) is 15.3 Å². The molecule has 100 valence electrons. The predicted molar refractivity (Wildman–Crippen MR) is 76.5 cm³/mol. The van der Waals surface area contributed by atoms with Gasteiger partial charge in [0.2, 0.25) is 0 Å². The van der Waals surface area contributed by atoms with E-state index in [2.05, 4.69) is 15.3 Å². The zero-order valence-electron chi connectivity index (χ0n) is 10.3. The molecule has 3 N–H and O–H groups in total. The quantitative estimate of drug-likeness (QED) is 0.905. The summed E-state index contributed by atoms with van der Waals surface area (Å²) in [6.07, 6.45) is 0.677.